The van der Waals surface area contributed by atoms with Crippen LogP contribution in [0.15, 0.2) is 42.5 Å². The molecule has 0 atom stereocenters. The van der Waals surface area contributed by atoms with Crippen LogP contribution in [0.1, 0.15) is 11.1 Å². The number of ether oxygens (including phenoxy) is 1. The molecule has 2 aromatic carbocycles. The summed E-state index contributed by atoms with van der Waals surface area (Å²) in [5, 5.41) is 0.721. The van der Waals surface area contributed by atoms with Crippen LogP contribution < -0.4 is 4.74 Å². The van der Waals surface area contributed by atoms with Gasteiger partial charge in [0.05, 0.1) is 0 Å². The van der Waals surface area contributed by atoms with E-state index < -0.39 is 0 Å². The average molecular weight is 251 g/mol. The summed E-state index contributed by atoms with van der Waals surface area (Å²) < 4.78 is 18.3. The molecule has 0 N–H and O–H groups in total. The Kier molecular flexibility index (Phi) is 3.64. The molecule has 0 aliphatic carbocycles. The maximum Gasteiger partial charge on any atom is 0.123 e. The highest BCUT2D eigenvalue weighted by atomic mass is 35.5. The van der Waals surface area contributed by atoms with Crippen molar-refractivity contribution in [3.63, 3.8) is 0 Å². The van der Waals surface area contributed by atoms with Gasteiger partial charge in [-0.15, -0.1) is 0 Å². The van der Waals surface area contributed by atoms with Gasteiger partial charge in [-0.05, 0) is 48.4 Å². The SMILES string of the molecule is Cc1cc(OCc2ccc(F)cc2)ccc1Cl. The van der Waals surface area contributed by atoms with E-state index >= 15 is 0 Å². The fraction of sp³-hybridized carbons (Fsp3) is 0.143. The van der Waals surface area contributed by atoms with Crippen molar-refractivity contribution in [3.8, 4) is 5.75 Å². The second-order valence-corrected chi connectivity index (χ2v) is 4.23. The largest absolute Gasteiger partial charge is 0.489 e. The highest BCUT2D eigenvalue weighted by Crippen LogP contribution is 2.21. The van der Waals surface area contributed by atoms with Crippen LogP contribution in [0.5, 0.6) is 5.75 Å². The Hall–Kier alpha value is -1.54. The summed E-state index contributed by atoms with van der Waals surface area (Å²) in [6.07, 6.45) is 0. The van der Waals surface area contributed by atoms with E-state index in [0.29, 0.717) is 6.61 Å². The second kappa shape index (κ2) is 5.19. The summed E-state index contributed by atoms with van der Waals surface area (Å²) in [6, 6.07) is 11.8. The molecule has 0 saturated heterocycles. The first-order chi connectivity index (χ1) is 8.15. The molecule has 2 aromatic rings. The van der Waals surface area contributed by atoms with Crippen molar-refractivity contribution < 1.29 is 9.13 Å². The maximum absolute atomic E-state index is 12.7. The van der Waals surface area contributed by atoms with Crippen molar-refractivity contribution in [1.29, 1.82) is 0 Å². The van der Waals surface area contributed by atoms with Crippen LogP contribution in [0.3, 0.4) is 0 Å². The minimum absolute atomic E-state index is 0.240. The Morgan fingerprint density at radius 1 is 1.12 bits per heavy atom. The number of halogens is 2. The molecule has 0 fully saturated rings. The van der Waals surface area contributed by atoms with Crippen LogP contribution in [-0.2, 0) is 6.61 Å². The summed E-state index contributed by atoms with van der Waals surface area (Å²) >= 11 is 5.92. The molecule has 3 heteroatoms. The summed E-state index contributed by atoms with van der Waals surface area (Å²) in [5.74, 6) is 0.521. The highest BCUT2D eigenvalue weighted by Gasteiger charge is 1.99. The van der Waals surface area contributed by atoms with Gasteiger partial charge in [0.25, 0.3) is 0 Å². The highest BCUT2D eigenvalue weighted by molar-refractivity contribution is 6.31. The van der Waals surface area contributed by atoms with Crippen LogP contribution in [0.25, 0.3) is 0 Å². The maximum atomic E-state index is 12.7. The fourth-order valence-corrected chi connectivity index (χ4v) is 1.57. The molecule has 0 aliphatic heterocycles. The predicted octanol–water partition coefficient (Wildman–Crippen LogP) is 4.37. The van der Waals surface area contributed by atoms with Crippen molar-refractivity contribution >= 4 is 11.6 Å². The lowest BCUT2D eigenvalue weighted by molar-refractivity contribution is 0.306. The van der Waals surface area contributed by atoms with Gasteiger partial charge in [-0.2, -0.15) is 0 Å². The number of hydrogen-bond acceptors (Lipinski definition) is 1. The zero-order chi connectivity index (χ0) is 12.3. The third-order valence-corrected chi connectivity index (χ3v) is 2.87. The van der Waals surface area contributed by atoms with Crippen LogP contribution in [0.4, 0.5) is 4.39 Å². The van der Waals surface area contributed by atoms with E-state index in [0.717, 1.165) is 21.9 Å². The Morgan fingerprint density at radius 3 is 2.47 bits per heavy atom. The first-order valence-corrected chi connectivity index (χ1v) is 5.66. The molecule has 0 aromatic heterocycles. The lowest BCUT2D eigenvalue weighted by Gasteiger charge is -2.07. The predicted molar refractivity (Wildman–Crippen MR) is 66.9 cm³/mol. The molecule has 0 spiro atoms. The van der Waals surface area contributed by atoms with E-state index in [9.17, 15) is 4.39 Å². The van der Waals surface area contributed by atoms with Gasteiger partial charge in [-0.3, -0.25) is 0 Å². The molecule has 88 valence electrons. The van der Waals surface area contributed by atoms with Crippen molar-refractivity contribution in [3.05, 3.63) is 64.4 Å². The molecular formula is C14H12ClFO. The van der Waals surface area contributed by atoms with Crippen LogP contribution in [-0.4, -0.2) is 0 Å². The second-order valence-electron chi connectivity index (χ2n) is 3.83. The normalized spacial score (nSPS) is 10.3. The first kappa shape index (κ1) is 11.9. The number of rotatable bonds is 3. The van der Waals surface area contributed by atoms with Crippen LogP contribution >= 0.6 is 11.6 Å². The van der Waals surface area contributed by atoms with Gasteiger partial charge in [0.15, 0.2) is 0 Å². The molecule has 0 bridgehead atoms. The molecule has 1 nitrogen and oxygen atoms in total. The van der Waals surface area contributed by atoms with Crippen molar-refractivity contribution in [2.75, 3.05) is 0 Å². The lowest BCUT2D eigenvalue weighted by atomic mass is 10.2. The third-order valence-electron chi connectivity index (χ3n) is 2.45. The molecule has 2 rings (SSSR count). The van der Waals surface area contributed by atoms with Crippen molar-refractivity contribution in [2.45, 2.75) is 13.5 Å². The van der Waals surface area contributed by atoms with Crippen molar-refractivity contribution in [2.24, 2.45) is 0 Å². The third kappa shape index (κ3) is 3.21. The summed E-state index contributed by atoms with van der Waals surface area (Å²) in [5.41, 5.74) is 1.90. The fourth-order valence-electron chi connectivity index (χ4n) is 1.45. The zero-order valence-corrected chi connectivity index (χ0v) is 10.2. The smallest absolute Gasteiger partial charge is 0.123 e. The van der Waals surface area contributed by atoms with Gasteiger partial charge in [-0.1, -0.05) is 23.7 Å². The van der Waals surface area contributed by atoms with E-state index in [1.807, 2.05) is 19.1 Å². The number of hydrogen-bond donors (Lipinski definition) is 0. The van der Waals surface area contributed by atoms with E-state index in [4.69, 9.17) is 16.3 Å². The van der Waals surface area contributed by atoms with E-state index in [1.165, 1.54) is 12.1 Å². The number of benzene rings is 2. The lowest BCUT2D eigenvalue weighted by Crippen LogP contribution is -1.95. The monoisotopic (exact) mass is 250 g/mol. The van der Waals surface area contributed by atoms with Gasteiger partial charge >= 0.3 is 0 Å². The summed E-state index contributed by atoms with van der Waals surface area (Å²) in [7, 11) is 0. The average Bonchev–Trinajstić information content (AvgIpc) is 2.33. The Bertz CT molecular complexity index is 508. The quantitative estimate of drug-likeness (QED) is 0.786. The standard InChI is InChI=1S/C14H12ClFO/c1-10-8-13(6-7-14(10)15)17-9-11-2-4-12(16)5-3-11/h2-8H,9H2,1H3. The molecule has 17 heavy (non-hydrogen) atoms. The Morgan fingerprint density at radius 2 is 1.82 bits per heavy atom. The van der Waals surface area contributed by atoms with Gasteiger partial charge < -0.3 is 4.74 Å². The molecule has 0 unspecified atom stereocenters. The minimum atomic E-state index is -0.240. The molecule has 0 amide bonds. The van der Waals surface area contributed by atoms with Gasteiger partial charge in [0.1, 0.15) is 18.2 Å². The number of aryl methyl sites for hydroxylation is 1. The van der Waals surface area contributed by atoms with E-state index in [2.05, 4.69) is 0 Å². The Labute approximate surface area is 105 Å². The van der Waals surface area contributed by atoms with Gasteiger partial charge in [0.2, 0.25) is 0 Å². The minimum Gasteiger partial charge on any atom is -0.489 e. The summed E-state index contributed by atoms with van der Waals surface area (Å²) in [6.45, 7) is 2.34. The van der Waals surface area contributed by atoms with Crippen molar-refractivity contribution in [1.82, 2.24) is 0 Å². The van der Waals surface area contributed by atoms with Gasteiger partial charge in [-0.25, -0.2) is 4.39 Å². The topological polar surface area (TPSA) is 9.23 Å². The molecule has 0 radical (unpaired) electrons. The van der Waals surface area contributed by atoms with Crippen LogP contribution in [0, 0.1) is 12.7 Å². The molecule has 0 aliphatic rings. The molecule has 0 heterocycles. The van der Waals surface area contributed by atoms with Gasteiger partial charge in [0, 0.05) is 5.02 Å². The molecular weight excluding hydrogens is 239 g/mol. The zero-order valence-electron chi connectivity index (χ0n) is 9.41. The van der Waals surface area contributed by atoms with E-state index in [-0.39, 0.29) is 5.82 Å². The van der Waals surface area contributed by atoms with Crippen LogP contribution in [0.2, 0.25) is 5.02 Å². The summed E-state index contributed by atoms with van der Waals surface area (Å²) in [4.78, 5) is 0. The first-order valence-electron chi connectivity index (χ1n) is 5.28. The Balaban J connectivity index is 2.02. The molecule has 0 saturated carbocycles. The van der Waals surface area contributed by atoms with E-state index in [1.54, 1.807) is 18.2 Å².